The van der Waals surface area contributed by atoms with Gasteiger partial charge in [-0.2, -0.15) is 5.10 Å². The van der Waals surface area contributed by atoms with Crippen molar-refractivity contribution in [3.05, 3.63) is 76.9 Å². The number of carbonyl (C=O) groups excluding carboxylic acids is 1. The van der Waals surface area contributed by atoms with Crippen molar-refractivity contribution in [3.8, 4) is 17.0 Å². The van der Waals surface area contributed by atoms with Crippen molar-refractivity contribution in [2.75, 3.05) is 19.0 Å². The van der Waals surface area contributed by atoms with Crippen LogP contribution in [-0.2, 0) is 23.2 Å². The van der Waals surface area contributed by atoms with Crippen LogP contribution in [0.1, 0.15) is 34.6 Å². The predicted octanol–water partition coefficient (Wildman–Crippen LogP) is 4.26. The summed E-state index contributed by atoms with van der Waals surface area (Å²) in [6.07, 6.45) is 1.88. The summed E-state index contributed by atoms with van der Waals surface area (Å²) in [5.74, 6) is 1.02. The van der Waals surface area contributed by atoms with E-state index >= 15 is 0 Å². The Hall–Kier alpha value is -3.64. The average Bonchev–Trinajstić information content (AvgIpc) is 3.38. The van der Waals surface area contributed by atoms with Crippen LogP contribution in [0.15, 0.2) is 54.6 Å². The van der Waals surface area contributed by atoms with Gasteiger partial charge in [0.2, 0.25) is 5.91 Å². The van der Waals surface area contributed by atoms with Crippen LogP contribution in [0, 0.1) is 0 Å². The number of amides is 1. The van der Waals surface area contributed by atoms with Gasteiger partial charge in [0.15, 0.2) is 0 Å². The predicted molar refractivity (Wildman–Crippen MR) is 128 cm³/mol. The Morgan fingerprint density at radius 2 is 2.00 bits per heavy atom. The van der Waals surface area contributed by atoms with E-state index in [4.69, 9.17) is 4.74 Å². The Morgan fingerprint density at radius 3 is 2.91 bits per heavy atom. The van der Waals surface area contributed by atoms with Gasteiger partial charge in [-0.15, -0.1) is 0 Å². The Bertz CT molecular complexity index is 1460. The van der Waals surface area contributed by atoms with Crippen molar-refractivity contribution in [2.24, 2.45) is 0 Å². The third-order valence-corrected chi connectivity index (χ3v) is 7.68. The van der Waals surface area contributed by atoms with Crippen molar-refractivity contribution < 1.29 is 9.53 Å². The first-order chi connectivity index (χ1) is 16.2. The average molecular weight is 437 g/mol. The lowest BCUT2D eigenvalue weighted by molar-refractivity contribution is -0.118. The van der Waals surface area contributed by atoms with Crippen LogP contribution in [0.25, 0.3) is 22.2 Å². The minimum absolute atomic E-state index is 0.0869. The van der Waals surface area contributed by atoms with Gasteiger partial charge in [0.25, 0.3) is 0 Å². The quantitative estimate of drug-likeness (QED) is 0.448. The number of anilines is 1. The number of nitrogens with one attached hydrogen (secondary N) is 3. The van der Waals surface area contributed by atoms with E-state index < -0.39 is 5.41 Å². The number of aromatic amines is 1. The molecule has 2 aliphatic heterocycles. The van der Waals surface area contributed by atoms with Crippen LogP contribution < -0.4 is 15.4 Å². The van der Waals surface area contributed by atoms with E-state index in [0.29, 0.717) is 0 Å². The molecule has 2 atom stereocenters. The number of rotatable bonds is 3. The molecular weight excluding hydrogens is 412 g/mol. The largest absolute Gasteiger partial charge is 0.497 e. The maximum absolute atomic E-state index is 13.0. The normalized spacial score (nSPS) is 22.8. The maximum atomic E-state index is 13.0. The zero-order valence-electron chi connectivity index (χ0n) is 18.4. The van der Waals surface area contributed by atoms with Crippen LogP contribution >= 0.6 is 0 Å². The van der Waals surface area contributed by atoms with Gasteiger partial charge < -0.3 is 15.4 Å². The van der Waals surface area contributed by atoms with Gasteiger partial charge >= 0.3 is 0 Å². The summed E-state index contributed by atoms with van der Waals surface area (Å²) in [6, 6.07) is 19.0. The second-order valence-electron chi connectivity index (χ2n) is 9.38. The molecule has 3 aliphatic rings. The molecule has 0 bridgehead atoms. The zero-order chi connectivity index (χ0) is 22.2. The van der Waals surface area contributed by atoms with Gasteiger partial charge in [0.1, 0.15) is 5.75 Å². The fourth-order valence-corrected chi connectivity index (χ4v) is 5.80. The number of fused-ring (bicyclic) bond motifs is 4. The van der Waals surface area contributed by atoms with Crippen LogP contribution in [0.4, 0.5) is 5.69 Å². The third-order valence-electron chi connectivity index (χ3n) is 7.68. The first-order valence-corrected chi connectivity index (χ1v) is 11.5. The summed E-state index contributed by atoms with van der Waals surface area (Å²) < 4.78 is 5.42. The van der Waals surface area contributed by atoms with Gasteiger partial charge in [-0.05, 0) is 72.0 Å². The number of ether oxygens (including phenoxy) is 1. The minimum atomic E-state index is -0.494. The summed E-state index contributed by atoms with van der Waals surface area (Å²) >= 11 is 0. The van der Waals surface area contributed by atoms with E-state index in [2.05, 4.69) is 57.2 Å². The molecule has 1 saturated carbocycles. The highest BCUT2D eigenvalue weighted by Gasteiger charge is 2.65. The summed E-state index contributed by atoms with van der Waals surface area (Å²) in [5.41, 5.74) is 8.51. The second kappa shape index (κ2) is 6.68. The topological polar surface area (TPSA) is 79.0 Å². The molecule has 33 heavy (non-hydrogen) atoms. The lowest BCUT2D eigenvalue weighted by Crippen LogP contribution is -2.23. The molecule has 1 amide bonds. The molecule has 1 unspecified atom stereocenters. The van der Waals surface area contributed by atoms with Crippen molar-refractivity contribution in [1.82, 2.24) is 15.5 Å². The van der Waals surface area contributed by atoms with Crippen molar-refractivity contribution in [3.63, 3.8) is 0 Å². The van der Waals surface area contributed by atoms with Gasteiger partial charge in [0.05, 0.1) is 23.7 Å². The number of nitrogens with zero attached hydrogens (tertiary/aromatic N) is 1. The number of H-pyrrole nitrogens is 1. The number of benzene rings is 3. The van der Waals surface area contributed by atoms with Crippen molar-refractivity contribution >= 4 is 22.5 Å². The molecule has 6 heteroatoms. The summed E-state index contributed by atoms with van der Waals surface area (Å²) in [4.78, 5) is 13.0. The van der Waals surface area contributed by atoms with E-state index in [1.807, 2.05) is 18.2 Å². The Morgan fingerprint density at radius 1 is 1.06 bits per heavy atom. The molecule has 1 spiro atoms. The first kappa shape index (κ1) is 18.9. The van der Waals surface area contributed by atoms with Crippen LogP contribution in [0.5, 0.6) is 5.75 Å². The van der Waals surface area contributed by atoms with Crippen LogP contribution in [-0.4, -0.2) is 29.8 Å². The highest BCUT2D eigenvalue weighted by molar-refractivity contribution is 6.10. The van der Waals surface area contributed by atoms with E-state index in [9.17, 15) is 4.79 Å². The molecule has 164 valence electrons. The lowest BCUT2D eigenvalue weighted by Gasteiger charge is -2.17. The summed E-state index contributed by atoms with van der Waals surface area (Å²) in [7, 11) is 1.66. The molecule has 3 heterocycles. The third kappa shape index (κ3) is 2.64. The molecule has 1 aromatic heterocycles. The number of hydrogen-bond donors (Lipinski definition) is 3. The van der Waals surface area contributed by atoms with Gasteiger partial charge in [-0.3, -0.25) is 9.89 Å². The van der Waals surface area contributed by atoms with Gasteiger partial charge in [-0.1, -0.05) is 24.3 Å². The molecule has 3 N–H and O–H groups in total. The summed E-state index contributed by atoms with van der Waals surface area (Å²) in [5, 5.41) is 15.5. The van der Waals surface area contributed by atoms with E-state index in [0.717, 1.165) is 70.7 Å². The molecule has 1 aliphatic carbocycles. The van der Waals surface area contributed by atoms with Gasteiger partial charge in [0, 0.05) is 29.1 Å². The Labute approximate surface area is 191 Å². The summed E-state index contributed by atoms with van der Waals surface area (Å²) in [6.45, 7) is 1.95. The number of aromatic nitrogens is 2. The molecular formula is C27H24N4O2. The molecule has 7 rings (SSSR count). The fourth-order valence-electron chi connectivity index (χ4n) is 5.80. The molecule has 6 nitrogen and oxygen atoms in total. The van der Waals surface area contributed by atoms with Crippen molar-refractivity contribution in [1.29, 1.82) is 0 Å². The lowest BCUT2D eigenvalue weighted by atomic mass is 9.91. The van der Waals surface area contributed by atoms with Crippen LogP contribution in [0.2, 0.25) is 0 Å². The van der Waals surface area contributed by atoms with E-state index in [-0.39, 0.29) is 11.8 Å². The zero-order valence-corrected chi connectivity index (χ0v) is 18.4. The smallest absolute Gasteiger partial charge is 0.235 e. The molecule has 0 radical (unpaired) electrons. The minimum Gasteiger partial charge on any atom is -0.497 e. The SMILES string of the molecule is COc1ccc2c(c1)[C@]1(CC1c1ccc3c(-c4ccc5c(c4)CNCC5)n[nH]c3c1)C(=O)N2. The highest BCUT2D eigenvalue weighted by Crippen LogP contribution is 2.65. The van der Waals surface area contributed by atoms with Crippen LogP contribution in [0.3, 0.4) is 0 Å². The standard InChI is InChI=1S/C27H24N4O2/c1-33-19-5-7-23-21(12-19)27(26(32)29-23)13-22(27)16-4-6-20-24(11-16)30-31-25(20)17-3-2-15-8-9-28-14-18(15)10-17/h2-7,10-12,22,28H,8-9,13-14H2,1H3,(H,29,32)(H,30,31)/t22?,27-/m0/s1. The Balaban J connectivity index is 1.25. The fraction of sp³-hybridized carbons (Fsp3) is 0.259. The van der Waals surface area contributed by atoms with E-state index in [1.54, 1.807) is 7.11 Å². The molecule has 0 saturated heterocycles. The van der Waals surface area contributed by atoms with Crippen molar-refractivity contribution in [2.45, 2.75) is 30.7 Å². The molecule has 4 aromatic rings. The van der Waals surface area contributed by atoms with E-state index in [1.165, 1.54) is 11.1 Å². The maximum Gasteiger partial charge on any atom is 0.235 e. The molecule has 3 aromatic carbocycles. The number of hydrogen-bond acceptors (Lipinski definition) is 4. The number of carbonyl (C=O) groups is 1. The first-order valence-electron chi connectivity index (χ1n) is 11.5. The monoisotopic (exact) mass is 436 g/mol. The number of methoxy groups -OCH3 is 1. The molecule has 1 fully saturated rings. The van der Waals surface area contributed by atoms with Gasteiger partial charge in [-0.25, -0.2) is 0 Å². The second-order valence-corrected chi connectivity index (χ2v) is 9.38. The highest BCUT2D eigenvalue weighted by atomic mass is 16.5. The Kier molecular flexibility index (Phi) is 3.82.